The van der Waals surface area contributed by atoms with Gasteiger partial charge in [-0.2, -0.15) is 0 Å². The molecule has 0 amide bonds. The maximum absolute atomic E-state index is 10.8. The molecule has 0 aromatic heterocycles. The first-order valence-electron chi connectivity index (χ1n) is 13.8. The molecule has 0 spiro atoms. The molecule has 0 saturated carbocycles. The Kier molecular flexibility index (Phi) is 10.7. The maximum atomic E-state index is 10.8. The molecule has 0 aliphatic rings. The van der Waals surface area contributed by atoms with Crippen LogP contribution in [0.3, 0.4) is 0 Å². The van der Waals surface area contributed by atoms with Gasteiger partial charge in [-0.1, -0.05) is 78.9 Å². The van der Waals surface area contributed by atoms with Crippen LogP contribution in [0, 0.1) is 0 Å². The van der Waals surface area contributed by atoms with Crippen molar-refractivity contribution in [3.05, 3.63) is 139 Å². The monoisotopic (exact) mass is 620 g/mol. The summed E-state index contributed by atoms with van der Waals surface area (Å²) in [6.07, 6.45) is 6.49. The average Bonchev–Trinajstić information content (AvgIpc) is 3.06. The van der Waals surface area contributed by atoms with Gasteiger partial charge in [-0.05, 0) is 100.0 Å². The summed E-state index contributed by atoms with van der Waals surface area (Å²) in [5, 5.41) is 8.84. The van der Waals surface area contributed by atoms with Gasteiger partial charge in [0.15, 0.2) is 6.61 Å². The van der Waals surface area contributed by atoms with Crippen molar-refractivity contribution in [3.63, 3.8) is 0 Å². The molecule has 6 heteroatoms. The first-order valence-corrected chi connectivity index (χ1v) is 17.2. The van der Waals surface area contributed by atoms with Gasteiger partial charge in [0.05, 0.1) is 0 Å². The van der Waals surface area contributed by atoms with E-state index in [0.29, 0.717) is 5.75 Å². The molecule has 43 heavy (non-hydrogen) atoms. The van der Waals surface area contributed by atoms with Crippen molar-refractivity contribution >= 4 is 46.8 Å². The Bertz CT molecular complexity index is 1600. The van der Waals surface area contributed by atoms with Crippen molar-refractivity contribution in [1.82, 2.24) is 0 Å². The lowest BCUT2D eigenvalue weighted by atomic mass is 9.94. The maximum Gasteiger partial charge on any atom is 0.341 e. The molecule has 0 radical (unpaired) electrons. The van der Waals surface area contributed by atoms with Crippen LogP contribution in [0.25, 0.3) is 27.8 Å². The van der Waals surface area contributed by atoms with Gasteiger partial charge in [-0.3, -0.25) is 0 Å². The van der Waals surface area contributed by atoms with E-state index in [2.05, 4.69) is 116 Å². The van der Waals surface area contributed by atoms with Crippen LogP contribution in [-0.4, -0.2) is 35.9 Å². The number of carboxylic acid groups (broad SMARTS) is 1. The van der Waals surface area contributed by atoms with E-state index < -0.39 is 5.97 Å². The molecule has 0 saturated heterocycles. The third kappa shape index (κ3) is 8.38. The highest BCUT2D eigenvalue weighted by atomic mass is 32.2. The lowest BCUT2D eigenvalue weighted by Gasteiger charge is -2.12. The Hall–Kier alpha value is -3.84. The quantitative estimate of drug-likeness (QED) is 0.140. The zero-order chi connectivity index (χ0) is 30.0. The SMILES string of the molecule is CSc1cccc(-c2ccc(C(=CCSc3ccc(OCC(=O)O)cc3)c3ccc(-c4cccc(SC)c4)cc3)cc2)c1. The van der Waals surface area contributed by atoms with Crippen molar-refractivity contribution < 1.29 is 14.6 Å². The van der Waals surface area contributed by atoms with Gasteiger partial charge < -0.3 is 9.84 Å². The van der Waals surface area contributed by atoms with Crippen LogP contribution in [0.15, 0.2) is 142 Å². The van der Waals surface area contributed by atoms with E-state index in [0.717, 1.165) is 10.6 Å². The summed E-state index contributed by atoms with van der Waals surface area (Å²) in [5.74, 6) is 0.341. The van der Waals surface area contributed by atoms with E-state index in [1.807, 2.05) is 24.3 Å². The summed E-state index contributed by atoms with van der Waals surface area (Å²) in [6.45, 7) is -0.345. The third-order valence-corrected chi connectivity index (χ3v) is 9.31. The fraction of sp³-hybridized carbons (Fsp3) is 0.108. The standard InChI is InChI=1S/C37H32O3S3/c1-41-34-7-3-5-30(23-34)26-9-13-28(14-10-26)36(21-22-43-33-19-17-32(18-20-33)40-25-37(38)39)29-15-11-27(12-16-29)31-6-4-8-35(24-31)42-2/h3-21,23-24H,22,25H2,1-2H3,(H,38,39). The van der Waals surface area contributed by atoms with Crippen LogP contribution >= 0.6 is 35.3 Å². The second kappa shape index (κ2) is 15.1. The van der Waals surface area contributed by atoms with Crippen molar-refractivity contribution in [2.75, 3.05) is 24.9 Å². The highest BCUT2D eigenvalue weighted by Crippen LogP contribution is 2.32. The Balaban J connectivity index is 1.40. The first kappa shape index (κ1) is 30.6. The Labute approximate surface area is 266 Å². The summed E-state index contributed by atoms with van der Waals surface area (Å²) < 4.78 is 5.27. The molecule has 3 nitrogen and oxygen atoms in total. The summed E-state index contributed by atoms with van der Waals surface area (Å²) in [6, 6.07) is 42.5. The highest BCUT2D eigenvalue weighted by Gasteiger charge is 2.09. The minimum absolute atomic E-state index is 0.345. The fourth-order valence-corrected chi connectivity index (χ4v) is 6.38. The summed E-state index contributed by atoms with van der Waals surface area (Å²) in [4.78, 5) is 14.4. The van der Waals surface area contributed by atoms with Gasteiger partial charge in [-0.25, -0.2) is 4.79 Å². The van der Waals surface area contributed by atoms with E-state index in [1.54, 1.807) is 35.3 Å². The molecular weight excluding hydrogens is 589 g/mol. The van der Waals surface area contributed by atoms with Gasteiger partial charge in [0.25, 0.3) is 0 Å². The number of hydrogen-bond donors (Lipinski definition) is 1. The van der Waals surface area contributed by atoms with Crippen LogP contribution < -0.4 is 4.74 Å². The number of thioether (sulfide) groups is 3. The number of benzene rings is 5. The van der Waals surface area contributed by atoms with Crippen molar-refractivity contribution in [2.24, 2.45) is 0 Å². The topological polar surface area (TPSA) is 46.5 Å². The van der Waals surface area contributed by atoms with E-state index in [-0.39, 0.29) is 6.61 Å². The molecule has 0 bridgehead atoms. The molecule has 0 fully saturated rings. The van der Waals surface area contributed by atoms with Crippen molar-refractivity contribution in [3.8, 4) is 28.0 Å². The molecule has 5 rings (SSSR count). The van der Waals surface area contributed by atoms with Crippen LogP contribution in [-0.2, 0) is 4.79 Å². The van der Waals surface area contributed by atoms with Crippen LogP contribution in [0.1, 0.15) is 11.1 Å². The zero-order valence-electron chi connectivity index (χ0n) is 24.0. The summed E-state index contributed by atoms with van der Waals surface area (Å²) in [5.41, 5.74) is 8.34. The lowest BCUT2D eigenvalue weighted by Crippen LogP contribution is -2.09. The predicted molar refractivity (Wildman–Crippen MR) is 185 cm³/mol. The number of carboxylic acids is 1. The molecule has 0 aliphatic heterocycles. The van der Waals surface area contributed by atoms with E-state index >= 15 is 0 Å². The Morgan fingerprint density at radius 2 is 1.16 bits per heavy atom. The summed E-state index contributed by atoms with van der Waals surface area (Å²) in [7, 11) is 0. The first-order chi connectivity index (χ1) is 21.0. The van der Waals surface area contributed by atoms with Gasteiger partial charge in [0.2, 0.25) is 0 Å². The predicted octanol–water partition coefficient (Wildman–Crippen LogP) is 10.2. The molecule has 0 heterocycles. The fourth-order valence-electron chi connectivity index (χ4n) is 4.69. The van der Waals surface area contributed by atoms with Crippen LogP contribution in [0.4, 0.5) is 0 Å². The van der Waals surface area contributed by atoms with Gasteiger partial charge in [-0.15, -0.1) is 35.3 Å². The molecule has 0 atom stereocenters. The molecule has 1 N–H and O–H groups in total. The zero-order valence-corrected chi connectivity index (χ0v) is 26.5. The molecule has 216 valence electrons. The Morgan fingerprint density at radius 1 is 0.651 bits per heavy atom. The molecule has 5 aromatic carbocycles. The summed E-state index contributed by atoms with van der Waals surface area (Å²) >= 11 is 5.23. The van der Waals surface area contributed by atoms with Crippen LogP contribution in [0.5, 0.6) is 5.75 Å². The number of aliphatic carboxylic acids is 1. The van der Waals surface area contributed by atoms with E-state index in [4.69, 9.17) is 9.84 Å². The largest absolute Gasteiger partial charge is 0.482 e. The normalized spacial score (nSPS) is 10.7. The smallest absolute Gasteiger partial charge is 0.341 e. The van der Waals surface area contributed by atoms with Crippen molar-refractivity contribution in [1.29, 1.82) is 0 Å². The highest BCUT2D eigenvalue weighted by molar-refractivity contribution is 7.99. The van der Waals surface area contributed by atoms with Gasteiger partial charge in [0, 0.05) is 20.4 Å². The van der Waals surface area contributed by atoms with Gasteiger partial charge in [0.1, 0.15) is 5.75 Å². The lowest BCUT2D eigenvalue weighted by molar-refractivity contribution is -0.139. The second-order valence-electron chi connectivity index (χ2n) is 9.70. The molecule has 5 aromatic rings. The minimum atomic E-state index is -0.987. The number of hydrogen-bond acceptors (Lipinski definition) is 5. The van der Waals surface area contributed by atoms with Crippen molar-refractivity contribution in [2.45, 2.75) is 14.7 Å². The van der Waals surface area contributed by atoms with E-state index in [1.165, 1.54) is 48.7 Å². The molecule has 0 unspecified atom stereocenters. The molecular formula is C37H32O3S3. The van der Waals surface area contributed by atoms with Crippen LogP contribution in [0.2, 0.25) is 0 Å². The second-order valence-corrected chi connectivity index (χ2v) is 12.6. The average molecular weight is 621 g/mol. The number of rotatable bonds is 12. The van der Waals surface area contributed by atoms with E-state index in [9.17, 15) is 4.79 Å². The third-order valence-electron chi connectivity index (χ3n) is 6.92. The number of ether oxygens (including phenoxy) is 1. The minimum Gasteiger partial charge on any atom is -0.482 e. The number of carbonyl (C=O) groups is 1. The van der Waals surface area contributed by atoms with Gasteiger partial charge >= 0.3 is 5.97 Å². The Morgan fingerprint density at radius 3 is 1.63 bits per heavy atom. The molecule has 0 aliphatic carbocycles.